The zero-order valence-electron chi connectivity index (χ0n) is 22.6. The van der Waals surface area contributed by atoms with Crippen molar-refractivity contribution >= 4 is 27.5 Å². The maximum absolute atomic E-state index is 13.9. The SMILES string of the molecule is CCNC(=O)C(C)N(CCc1ccccc1)C(=O)CN(c1ccccc1CC)S(=O)(=O)c1ccc(C)cc1. The Labute approximate surface area is 226 Å². The zero-order valence-corrected chi connectivity index (χ0v) is 23.4. The molecule has 0 heterocycles. The summed E-state index contributed by atoms with van der Waals surface area (Å²) in [7, 11) is -4.07. The highest BCUT2D eigenvalue weighted by molar-refractivity contribution is 7.92. The molecule has 0 spiro atoms. The van der Waals surface area contributed by atoms with Crippen LogP contribution in [0.3, 0.4) is 0 Å². The molecule has 0 aliphatic heterocycles. The van der Waals surface area contributed by atoms with Crippen molar-refractivity contribution < 1.29 is 18.0 Å². The van der Waals surface area contributed by atoms with Gasteiger partial charge in [-0.3, -0.25) is 13.9 Å². The third-order valence-electron chi connectivity index (χ3n) is 6.53. The smallest absolute Gasteiger partial charge is 0.264 e. The molecule has 0 radical (unpaired) electrons. The minimum absolute atomic E-state index is 0.106. The van der Waals surface area contributed by atoms with Crippen LogP contribution in [0.2, 0.25) is 0 Å². The third-order valence-corrected chi connectivity index (χ3v) is 8.31. The van der Waals surface area contributed by atoms with E-state index >= 15 is 0 Å². The van der Waals surface area contributed by atoms with Crippen molar-refractivity contribution in [1.29, 1.82) is 0 Å². The molecule has 1 atom stereocenters. The number of hydrogen-bond donors (Lipinski definition) is 1. The van der Waals surface area contributed by atoms with Crippen molar-refractivity contribution in [2.45, 2.75) is 51.5 Å². The summed E-state index contributed by atoms with van der Waals surface area (Å²) in [6.07, 6.45) is 1.13. The molecule has 0 aromatic heterocycles. The van der Waals surface area contributed by atoms with E-state index in [1.807, 2.05) is 63.2 Å². The summed E-state index contributed by atoms with van der Waals surface area (Å²) in [4.78, 5) is 28.2. The van der Waals surface area contributed by atoms with Gasteiger partial charge >= 0.3 is 0 Å². The summed E-state index contributed by atoms with van der Waals surface area (Å²) in [5.41, 5.74) is 3.22. The molecular weight excluding hydrogens is 498 g/mol. The lowest BCUT2D eigenvalue weighted by atomic mass is 10.1. The Bertz CT molecular complexity index is 1330. The number of carbonyl (C=O) groups is 2. The standard InChI is InChI=1S/C30H37N3O4S/c1-5-26-14-10-11-15-28(26)33(38(36,37)27-18-16-23(3)17-19-27)22-29(34)32(24(4)30(35)31-6-2)21-20-25-12-8-7-9-13-25/h7-19,24H,5-6,20-22H2,1-4H3,(H,31,35). The number of nitrogens with zero attached hydrogens (tertiary/aromatic N) is 2. The van der Waals surface area contributed by atoms with E-state index in [1.165, 1.54) is 9.21 Å². The Kier molecular flexibility index (Phi) is 10.1. The number of para-hydroxylation sites is 1. The van der Waals surface area contributed by atoms with Gasteiger partial charge in [0, 0.05) is 13.1 Å². The van der Waals surface area contributed by atoms with Crippen LogP contribution in [0.4, 0.5) is 5.69 Å². The number of sulfonamides is 1. The molecule has 0 saturated heterocycles. The molecule has 0 aliphatic carbocycles. The van der Waals surface area contributed by atoms with Gasteiger partial charge in [-0.1, -0.05) is 73.2 Å². The zero-order chi connectivity index (χ0) is 27.7. The second kappa shape index (κ2) is 13.2. The van der Waals surface area contributed by atoms with E-state index in [0.717, 1.165) is 16.7 Å². The van der Waals surface area contributed by atoms with Crippen LogP contribution in [-0.2, 0) is 32.5 Å². The van der Waals surface area contributed by atoms with E-state index in [1.54, 1.807) is 43.3 Å². The van der Waals surface area contributed by atoms with E-state index in [4.69, 9.17) is 0 Å². The second-order valence-corrected chi connectivity index (χ2v) is 11.1. The van der Waals surface area contributed by atoms with E-state index in [2.05, 4.69) is 5.32 Å². The molecule has 0 aliphatic rings. The van der Waals surface area contributed by atoms with Crippen molar-refractivity contribution in [2.75, 3.05) is 23.9 Å². The normalized spacial score (nSPS) is 12.0. The predicted octanol–water partition coefficient (Wildman–Crippen LogP) is 4.35. The van der Waals surface area contributed by atoms with Crippen LogP contribution in [0.15, 0.2) is 83.8 Å². The monoisotopic (exact) mass is 535 g/mol. The molecule has 2 amide bonds. The second-order valence-electron chi connectivity index (χ2n) is 9.20. The van der Waals surface area contributed by atoms with Gasteiger partial charge in [-0.15, -0.1) is 0 Å². The molecule has 1 N–H and O–H groups in total. The molecule has 3 aromatic rings. The van der Waals surface area contributed by atoms with Crippen molar-refractivity contribution in [3.05, 3.63) is 95.6 Å². The molecule has 3 aromatic carbocycles. The van der Waals surface area contributed by atoms with Gasteiger partial charge in [0.15, 0.2) is 0 Å². The third kappa shape index (κ3) is 7.01. The highest BCUT2D eigenvalue weighted by Crippen LogP contribution is 2.28. The molecule has 1 unspecified atom stereocenters. The molecule has 8 heteroatoms. The minimum atomic E-state index is -4.07. The first-order valence-corrected chi connectivity index (χ1v) is 14.4. The van der Waals surface area contributed by atoms with Gasteiger partial charge in [-0.25, -0.2) is 8.42 Å². The van der Waals surface area contributed by atoms with Gasteiger partial charge in [0.1, 0.15) is 12.6 Å². The lowest BCUT2D eigenvalue weighted by Crippen LogP contribution is -2.52. The number of amides is 2. The lowest BCUT2D eigenvalue weighted by Gasteiger charge is -2.32. The number of benzene rings is 3. The summed E-state index contributed by atoms with van der Waals surface area (Å²) in [5.74, 6) is -0.725. The largest absolute Gasteiger partial charge is 0.355 e. The number of nitrogens with one attached hydrogen (secondary N) is 1. The van der Waals surface area contributed by atoms with Crippen LogP contribution < -0.4 is 9.62 Å². The summed E-state index contributed by atoms with van der Waals surface area (Å²) in [6, 6.07) is 22.7. The molecule has 0 fully saturated rings. The van der Waals surface area contributed by atoms with E-state index in [9.17, 15) is 18.0 Å². The van der Waals surface area contributed by atoms with Gasteiger partial charge in [0.05, 0.1) is 10.6 Å². The molecular formula is C30H37N3O4S. The van der Waals surface area contributed by atoms with Crippen LogP contribution in [0.1, 0.15) is 37.5 Å². The Balaban J connectivity index is 2.01. The van der Waals surface area contributed by atoms with Gasteiger partial charge in [-0.2, -0.15) is 0 Å². The van der Waals surface area contributed by atoms with Crippen molar-refractivity contribution in [2.24, 2.45) is 0 Å². The first-order chi connectivity index (χ1) is 18.2. The Morgan fingerprint density at radius 2 is 1.53 bits per heavy atom. The van der Waals surface area contributed by atoms with Gasteiger partial charge in [-0.05, 0) is 62.9 Å². The summed E-state index contributed by atoms with van der Waals surface area (Å²) < 4.78 is 29.0. The summed E-state index contributed by atoms with van der Waals surface area (Å²) in [5, 5.41) is 2.78. The first-order valence-electron chi connectivity index (χ1n) is 13.0. The van der Waals surface area contributed by atoms with Crippen LogP contribution in [0.5, 0.6) is 0 Å². The lowest BCUT2D eigenvalue weighted by molar-refractivity contribution is -0.138. The average Bonchev–Trinajstić information content (AvgIpc) is 2.92. The van der Waals surface area contributed by atoms with E-state index in [0.29, 0.717) is 25.1 Å². The van der Waals surface area contributed by atoms with E-state index < -0.39 is 28.5 Å². The van der Waals surface area contributed by atoms with Gasteiger partial charge < -0.3 is 10.2 Å². The van der Waals surface area contributed by atoms with Crippen LogP contribution >= 0.6 is 0 Å². The summed E-state index contributed by atoms with van der Waals surface area (Å²) >= 11 is 0. The topological polar surface area (TPSA) is 86.8 Å². The molecule has 202 valence electrons. The molecule has 3 rings (SSSR count). The maximum Gasteiger partial charge on any atom is 0.264 e. The fraction of sp³-hybridized carbons (Fsp3) is 0.333. The quantitative estimate of drug-likeness (QED) is 0.374. The average molecular weight is 536 g/mol. The van der Waals surface area contributed by atoms with Gasteiger partial charge in [0.25, 0.3) is 10.0 Å². The van der Waals surface area contributed by atoms with Crippen LogP contribution in [0, 0.1) is 6.92 Å². The molecule has 7 nitrogen and oxygen atoms in total. The Morgan fingerprint density at radius 1 is 0.895 bits per heavy atom. The molecule has 38 heavy (non-hydrogen) atoms. The minimum Gasteiger partial charge on any atom is -0.355 e. The number of anilines is 1. The Morgan fingerprint density at radius 3 is 2.16 bits per heavy atom. The molecule has 0 saturated carbocycles. The van der Waals surface area contributed by atoms with Crippen molar-refractivity contribution in [3.63, 3.8) is 0 Å². The van der Waals surface area contributed by atoms with E-state index in [-0.39, 0.29) is 17.3 Å². The number of rotatable bonds is 12. The number of hydrogen-bond acceptors (Lipinski definition) is 4. The highest BCUT2D eigenvalue weighted by Gasteiger charge is 2.32. The van der Waals surface area contributed by atoms with Gasteiger partial charge in [0.2, 0.25) is 11.8 Å². The highest BCUT2D eigenvalue weighted by atomic mass is 32.2. The Hall–Kier alpha value is -3.65. The summed E-state index contributed by atoms with van der Waals surface area (Å²) in [6.45, 7) is 7.60. The predicted molar refractivity (Wildman–Crippen MR) is 152 cm³/mol. The maximum atomic E-state index is 13.9. The first kappa shape index (κ1) is 28.9. The van der Waals surface area contributed by atoms with Crippen molar-refractivity contribution in [1.82, 2.24) is 10.2 Å². The van der Waals surface area contributed by atoms with Crippen LogP contribution in [-0.4, -0.2) is 50.8 Å². The fourth-order valence-electron chi connectivity index (χ4n) is 4.30. The number of likely N-dealkylation sites (N-methyl/N-ethyl adjacent to an activating group) is 1. The fourth-order valence-corrected chi connectivity index (χ4v) is 5.75. The number of carbonyl (C=O) groups excluding carboxylic acids is 2. The molecule has 0 bridgehead atoms. The number of aryl methyl sites for hydroxylation is 2. The van der Waals surface area contributed by atoms with Crippen LogP contribution in [0.25, 0.3) is 0 Å². The van der Waals surface area contributed by atoms with Crippen molar-refractivity contribution in [3.8, 4) is 0 Å².